The topological polar surface area (TPSA) is 40.5 Å². The Kier molecular flexibility index (Phi) is 4.58. The molecule has 0 bridgehead atoms. The summed E-state index contributed by atoms with van der Waals surface area (Å²) >= 11 is 0. The number of aliphatic carboxylic acids is 1. The molecule has 0 aromatic carbocycles. The van der Waals surface area contributed by atoms with Gasteiger partial charge in [-0.1, -0.05) is 26.2 Å². The minimum Gasteiger partial charge on any atom is -0.481 e. The van der Waals surface area contributed by atoms with Crippen LogP contribution in [-0.4, -0.2) is 35.1 Å². The van der Waals surface area contributed by atoms with Crippen molar-refractivity contribution in [3.05, 3.63) is 0 Å². The molecule has 3 nitrogen and oxygen atoms in total. The van der Waals surface area contributed by atoms with Crippen molar-refractivity contribution in [2.24, 2.45) is 0 Å². The van der Waals surface area contributed by atoms with Crippen molar-refractivity contribution in [2.75, 3.05) is 13.6 Å². The number of rotatable bonds is 5. The maximum atomic E-state index is 11.0. The minimum atomic E-state index is -0.653. The van der Waals surface area contributed by atoms with Crippen LogP contribution in [0.1, 0.15) is 51.9 Å². The van der Waals surface area contributed by atoms with Gasteiger partial charge in [0.05, 0.1) is 6.42 Å². The number of hydrogen-bond donors (Lipinski definition) is 1. The van der Waals surface area contributed by atoms with E-state index in [1.807, 2.05) is 0 Å². The van der Waals surface area contributed by atoms with Gasteiger partial charge < -0.3 is 10.0 Å². The van der Waals surface area contributed by atoms with Crippen molar-refractivity contribution in [1.82, 2.24) is 4.90 Å². The number of hydrogen-bond acceptors (Lipinski definition) is 2. The number of nitrogens with zero attached hydrogens (tertiary/aromatic N) is 1. The summed E-state index contributed by atoms with van der Waals surface area (Å²) in [5.41, 5.74) is -0.0555. The third-order valence-electron chi connectivity index (χ3n) is 3.63. The molecular formula is C12H23NO2. The second-order valence-corrected chi connectivity index (χ2v) is 4.78. The molecule has 0 saturated heterocycles. The summed E-state index contributed by atoms with van der Waals surface area (Å²) in [5, 5.41) is 9.02. The van der Waals surface area contributed by atoms with Crippen LogP contribution in [0.3, 0.4) is 0 Å². The van der Waals surface area contributed by atoms with Gasteiger partial charge in [0.15, 0.2) is 0 Å². The van der Waals surface area contributed by atoms with Crippen LogP contribution in [0.2, 0.25) is 0 Å². The van der Waals surface area contributed by atoms with Gasteiger partial charge in [0.25, 0.3) is 0 Å². The zero-order valence-electron chi connectivity index (χ0n) is 9.96. The Bertz CT molecular complexity index is 210. The van der Waals surface area contributed by atoms with Crippen LogP contribution in [-0.2, 0) is 4.79 Å². The molecule has 1 fully saturated rings. The molecule has 0 heterocycles. The average molecular weight is 213 g/mol. The van der Waals surface area contributed by atoms with Crippen molar-refractivity contribution in [3.63, 3.8) is 0 Å². The molecule has 0 radical (unpaired) electrons. The Morgan fingerprint density at radius 3 is 2.40 bits per heavy atom. The third-order valence-corrected chi connectivity index (χ3v) is 3.63. The van der Waals surface area contributed by atoms with E-state index < -0.39 is 5.97 Å². The van der Waals surface area contributed by atoms with E-state index in [0.29, 0.717) is 6.42 Å². The fourth-order valence-electron chi connectivity index (χ4n) is 2.76. The summed E-state index contributed by atoms with van der Waals surface area (Å²) in [6, 6.07) is 0. The van der Waals surface area contributed by atoms with Gasteiger partial charge in [0, 0.05) is 5.54 Å². The Morgan fingerprint density at radius 2 is 1.93 bits per heavy atom. The number of carboxylic acids is 1. The molecule has 1 N–H and O–H groups in total. The first kappa shape index (κ1) is 12.5. The molecule has 0 spiro atoms. The highest BCUT2D eigenvalue weighted by Crippen LogP contribution is 2.35. The van der Waals surface area contributed by atoms with Crippen LogP contribution in [0, 0.1) is 0 Å². The van der Waals surface area contributed by atoms with Crippen LogP contribution in [0.25, 0.3) is 0 Å². The number of carbonyl (C=O) groups is 1. The molecule has 1 aliphatic rings. The lowest BCUT2D eigenvalue weighted by Gasteiger charge is -2.44. The summed E-state index contributed by atoms with van der Waals surface area (Å²) in [6.45, 7) is 3.15. The normalized spacial score (nSPS) is 20.5. The summed E-state index contributed by atoms with van der Waals surface area (Å²) in [5.74, 6) is -0.653. The predicted octanol–water partition coefficient (Wildman–Crippen LogP) is 2.51. The molecule has 0 aromatic heterocycles. The molecule has 88 valence electrons. The molecule has 1 saturated carbocycles. The fourth-order valence-corrected chi connectivity index (χ4v) is 2.76. The van der Waals surface area contributed by atoms with Crippen LogP contribution in [0.4, 0.5) is 0 Å². The van der Waals surface area contributed by atoms with Crippen molar-refractivity contribution in [3.8, 4) is 0 Å². The quantitative estimate of drug-likeness (QED) is 0.763. The van der Waals surface area contributed by atoms with Gasteiger partial charge in [-0.3, -0.25) is 4.79 Å². The molecule has 15 heavy (non-hydrogen) atoms. The van der Waals surface area contributed by atoms with Gasteiger partial charge >= 0.3 is 5.97 Å². The molecular weight excluding hydrogens is 190 g/mol. The van der Waals surface area contributed by atoms with Crippen molar-refractivity contribution in [2.45, 2.75) is 57.4 Å². The van der Waals surface area contributed by atoms with Crippen molar-refractivity contribution in [1.29, 1.82) is 0 Å². The zero-order chi connectivity index (χ0) is 11.3. The van der Waals surface area contributed by atoms with E-state index in [0.717, 1.165) is 25.8 Å². The SMILES string of the molecule is CCCN(C)C1(CC(=O)O)CCCCC1. The summed E-state index contributed by atoms with van der Waals surface area (Å²) in [4.78, 5) is 13.2. The van der Waals surface area contributed by atoms with Gasteiger partial charge in [-0.25, -0.2) is 0 Å². The summed E-state index contributed by atoms with van der Waals surface area (Å²) in [7, 11) is 2.08. The van der Waals surface area contributed by atoms with Crippen molar-refractivity contribution >= 4 is 5.97 Å². The Balaban J connectivity index is 2.69. The van der Waals surface area contributed by atoms with Gasteiger partial charge in [-0.05, 0) is 32.9 Å². The molecule has 0 aliphatic heterocycles. The zero-order valence-corrected chi connectivity index (χ0v) is 9.96. The molecule has 0 aromatic rings. The van der Waals surface area contributed by atoms with Gasteiger partial charge in [-0.15, -0.1) is 0 Å². The predicted molar refractivity (Wildman–Crippen MR) is 61.0 cm³/mol. The van der Waals surface area contributed by atoms with Crippen LogP contribution < -0.4 is 0 Å². The first-order valence-corrected chi connectivity index (χ1v) is 6.04. The first-order chi connectivity index (χ1) is 7.10. The largest absolute Gasteiger partial charge is 0.481 e. The standard InChI is InChI=1S/C12H23NO2/c1-3-9-13(2)12(10-11(14)15)7-5-4-6-8-12/h3-10H2,1-2H3,(H,14,15). The van der Waals surface area contributed by atoms with E-state index in [-0.39, 0.29) is 5.54 Å². The smallest absolute Gasteiger partial charge is 0.305 e. The molecule has 3 heteroatoms. The molecule has 1 aliphatic carbocycles. The van der Waals surface area contributed by atoms with E-state index in [4.69, 9.17) is 5.11 Å². The van der Waals surface area contributed by atoms with Gasteiger partial charge in [-0.2, -0.15) is 0 Å². The highest BCUT2D eigenvalue weighted by Gasteiger charge is 2.37. The minimum absolute atomic E-state index is 0.0555. The Labute approximate surface area is 92.5 Å². The Hall–Kier alpha value is -0.570. The van der Waals surface area contributed by atoms with Crippen LogP contribution >= 0.6 is 0 Å². The third kappa shape index (κ3) is 3.20. The number of carboxylic acid groups (broad SMARTS) is 1. The second kappa shape index (κ2) is 5.50. The van der Waals surface area contributed by atoms with E-state index in [9.17, 15) is 4.79 Å². The van der Waals surface area contributed by atoms with Crippen LogP contribution in [0.15, 0.2) is 0 Å². The lowest BCUT2D eigenvalue weighted by Crippen LogP contribution is -2.49. The summed E-state index contributed by atoms with van der Waals surface area (Å²) in [6.07, 6.45) is 7.14. The molecule has 0 amide bonds. The van der Waals surface area contributed by atoms with Crippen LogP contribution in [0.5, 0.6) is 0 Å². The Morgan fingerprint density at radius 1 is 1.33 bits per heavy atom. The maximum Gasteiger partial charge on any atom is 0.305 e. The van der Waals surface area contributed by atoms with Gasteiger partial charge in [0.1, 0.15) is 0 Å². The highest BCUT2D eigenvalue weighted by atomic mass is 16.4. The average Bonchev–Trinajstić information content (AvgIpc) is 2.18. The maximum absolute atomic E-state index is 11.0. The molecule has 0 atom stereocenters. The first-order valence-electron chi connectivity index (χ1n) is 6.04. The monoisotopic (exact) mass is 213 g/mol. The molecule has 1 rings (SSSR count). The van der Waals surface area contributed by atoms with Gasteiger partial charge in [0.2, 0.25) is 0 Å². The van der Waals surface area contributed by atoms with E-state index in [1.54, 1.807) is 0 Å². The highest BCUT2D eigenvalue weighted by molar-refractivity contribution is 5.68. The lowest BCUT2D eigenvalue weighted by atomic mass is 9.78. The van der Waals surface area contributed by atoms with Crippen molar-refractivity contribution < 1.29 is 9.90 Å². The van der Waals surface area contributed by atoms with E-state index in [2.05, 4.69) is 18.9 Å². The summed E-state index contributed by atoms with van der Waals surface area (Å²) < 4.78 is 0. The second-order valence-electron chi connectivity index (χ2n) is 4.78. The lowest BCUT2D eigenvalue weighted by molar-refractivity contribution is -0.141. The fraction of sp³-hybridized carbons (Fsp3) is 0.917. The molecule has 0 unspecified atom stereocenters. The van der Waals surface area contributed by atoms with E-state index in [1.165, 1.54) is 19.3 Å². The van der Waals surface area contributed by atoms with E-state index >= 15 is 0 Å².